The highest BCUT2D eigenvalue weighted by Gasteiger charge is 2.29. The van der Waals surface area contributed by atoms with Gasteiger partial charge in [-0.25, -0.2) is 0 Å². The topological polar surface area (TPSA) is 46.9 Å². The van der Waals surface area contributed by atoms with Gasteiger partial charge in [0.15, 0.2) is 0 Å². The van der Waals surface area contributed by atoms with Gasteiger partial charge in [-0.15, -0.1) is 0 Å². The highest BCUT2D eigenvalue weighted by Crippen LogP contribution is 2.47. The third-order valence-corrected chi connectivity index (χ3v) is 5.55. The van der Waals surface area contributed by atoms with Crippen LogP contribution in [0.1, 0.15) is 22.6 Å². The molecular formula is C24H26N2O2. The quantitative estimate of drug-likeness (QED) is 0.690. The molecule has 0 aromatic heterocycles. The number of rotatable bonds is 6. The second-order valence-corrected chi connectivity index (χ2v) is 7.14. The number of fused-ring (bicyclic) bond motifs is 2. The maximum atomic E-state index is 9.30. The Morgan fingerprint density at radius 3 is 1.75 bits per heavy atom. The van der Waals surface area contributed by atoms with Crippen LogP contribution < -0.4 is 9.80 Å². The lowest BCUT2D eigenvalue weighted by Gasteiger charge is -2.36. The number of aliphatic hydroxyl groups is 2. The standard InChI is InChI=1S/C24H26N2O2/c1-25-22-8-4-2-6-20(22)24(21-7-3-5-9-23(21)25)18-10-12-19(13-11-18)26(14-16-27)15-17-28/h2-13,24,27-28H,14-17H2,1H3. The van der Waals surface area contributed by atoms with Gasteiger partial charge in [-0.1, -0.05) is 48.5 Å². The molecule has 4 nitrogen and oxygen atoms in total. The number of hydrogen-bond acceptors (Lipinski definition) is 4. The summed E-state index contributed by atoms with van der Waals surface area (Å²) >= 11 is 0. The van der Waals surface area contributed by atoms with Crippen molar-refractivity contribution in [2.24, 2.45) is 0 Å². The maximum Gasteiger partial charge on any atom is 0.0606 e. The maximum absolute atomic E-state index is 9.30. The van der Waals surface area contributed by atoms with Crippen molar-refractivity contribution in [3.05, 3.63) is 89.5 Å². The molecule has 1 aliphatic rings. The summed E-state index contributed by atoms with van der Waals surface area (Å²) in [5.74, 6) is 0.182. The van der Waals surface area contributed by atoms with Crippen LogP contribution in [0.3, 0.4) is 0 Å². The van der Waals surface area contributed by atoms with Crippen molar-refractivity contribution in [3.63, 3.8) is 0 Å². The van der Waals surface area contributed by atoms with E-state index in [2.05, 4.69) is 84.7 Å². The van der Waals surface area contributed by atoms with E-state index in [0.29, 0.717) is 13.1 Å². The van der Waals surface area contributed by atoms with E-state index in [1.54, 1.807) is 0 Å². The molecule has 0 atom stereocenters. The zero-order valence-corrected chi connectivity index (χ0v) is 16.1. The summed E-state index contributed by atoms with van der Waals surface area (Å²) in [6, 6.07) is 25.7. The average Bonchev–Trinajstić information content (AvgIpc) is 2.74. The second kappa shape index (κ2) is 8.05. The second-order valence-electron chi connectivity index (χ2n) is 7.14. The van der Waals surface area contributed by atoms with Crippen molar-refractivity contribution in [3.8, 4) is 0 Å². The fourth-order valence-corrected chi connectivity index (χ4v) is 4.22. The number of nitrogens with zero attached hydrogens (tertiary/aromatic N) is 2. The van der Waals surface area contributed by atoms with Crippen LogP contribution in [-0.4, -0.2) is 43.6 Å². The number of anilines is 3. The van der Waals surface area contributed by atoms with Crippen molar-refractivity contribution in [2.75, 3.05) is 43.2 Å². The first-order valence-corrected chi connectivity index (χ1v) is 9.73. The van der Waals surface area contributed by atoms with E-state index in [1.807, 2.05) is 4.90 Å². The van der Waals surface area contributed by atoms with Gasteiger partial charge in [0.25, 0.3) is 0 Å². The normalized spacial score (nSPS) is 13.2. The van der Waals surface area contributed by atoms with E-state index < -0.39 is 0 Å². The fraction of sp³-hybridized carbons (Fsp3) is 0.250. The van der Waals surface area contributed by atoms with Gasteiger partial charge in [-0.05, 0) is 41.0 Å². The van der Waals surface area contributed by atoms with Gasteiger partial charge in [0.2, 0.25) is 0 Å². The number of aliphatic hydroxyl groups excluding tert-OH is 2. The molecule has 1 aliphatic heterocycles. The van der Waals surface area contributed by atoms with Gasteiger partial charge < -0.3 is 20.0 Å². The van der Waals surface area contributed by atoms with Gasteiger partial charge in [0.1, 0.15) is 0 Å². The summed E-state index contributed by atoms with van der Waals surface area (Å²) in [5.41, 5.74) is 7.33. The molecule has 0 saturated heterocycles. The number of para-hydroxylation sites is 2. The Kier molecular flexibility index (Phi) is 5.33. The van der Waals surface area contributed by atoms with E-state index in [-0.39, 0.29) is 19.1 Å². The Morgan fingerprint density at radius 1 is 0.750 bits per heavy atom. The summed E-state index contributed by atoms with van der Waals surface area (Å²) in [5, 5.41) is 18.6. The van der Waals surface area contributed by atoms with E-state index in [4.69, 9.17) is 0 Å². The largest absolute Gasteiger partial charge is 0.395 e. The van der Waals surface area contributed by atoms with E-state index >= 15 is 0 Å². The first-order chi connectivity index (χ1) is 13.7. The fourth-order valence-electron chi connectivity index (χ4n) is 4.22. The molecule has 2 N–H and O–H groups in total. The molecule has 3 aromatic rings. The molecule has 0 unspecified atom stereocenters. The molecule has 0 radical (unpaired) electrons. The van der Waals surface area contributed by atoms with E-state index in [0.717, 1.165) is 5.69 Å². The molecule has 0 fully saturated rings. The van der Waals surface area contributed by atoms with E-state index in [1.165, 1.54) is 28.1 Å². The molecule has 4 heteroatoms. The van der Waals surface area contributed by atoms with Gasteiger partial charge in [0.05, 0.1) is 13.2 Å². The van der Waals surface area contributed by atoms with Crippen molar-refractivity contribution in [1.82, 2.24) is 0 Å². The van der Waals surface area contributed by atoms with Crippen molar-refractivity contribution < 1.29 is 10.2 Å². The number of hydrogen-bond donors (Lipinski definition) is 2. The molecule has 0 saturated carbocycles. The molecule has 0 amide bonds. The average molecular weight is 374 g/mol. The first-order valence-electron chi connectivity index (χ1n) is 9.73. The van der Waals surface area contributed by atoms with E-state index in [9.17, 15) is 10.2 Å². The van der Waals surface area contributed by atoms with Gasteiger partial charge in [-0.3, -0.25) is 0 Å². The summed E-state index contributed by atoms with van der Waals surface area (Å²) in [6.45, 7) is 1.16. The minimum atomic E-state index is 0.0669. The summed E-state index contributed by atoms with van der Waals surface area (Å²) < 4.78 is 0. The Bertz CT molecular complexity index is 886. The van der Waals surface area contributed by atoms with Gasteiger partial charge in [-0.2, -0.15) is 0 Å². The SMILES string of the molecule is CN1c2ccccc2C(c2ccc(N(CCO)CCO)cc2)c2ccccc21. The smallest absolute Gasteiger partial charge is 0.0606 e. The lowest BCUT2D eigenvalue weighted by atomic mass is 9.80. The molecule has 1 heterocycles. The monoisotopic (exact) mass is 374 g/mol. The van der Waals surface area contributed by atoms with Gasteiger partial charge >= 0.3 is 0 Å². The van der Waals surface area contributed by atoms with Crippen LogP contribution in [0, 0.1) is 0 Å². The zero-order valence-electron chi connectivity index (χ0n) is 16.1. The van der Waals surface area contributed by atoms with Gasteiger partial charge in [0, 0.05) is 43.1 Å². The van der Waals surface area contributed by atoms with Crippen LogP contribution >= 0.6 is 0 Å². The van der Waals surface area contributed by atoms with Crippen LogP contribution in [0.15, 0.2) is 72.8 Å². The Morgan fingerprint density at radius 2 is 1.25 bits per heavy atom. The summed E-state index contributed by atoms with van der Waals surface area (Å²) in [7, 11) is 2.12. The van der Waals surface area contributed by atoms with Crippen LogP contribution in [0.2, 0.25) is 0 Å². The van der Waals surface area contributed by atoms with Crippen LogP contribution in [0.25, 0.3) is 0 Å². The first kappa shape index (κ1) is 18.5. The molecule has 0 bridgehead atoms. The minimum absolute atomic E-state index is 0.0669. The molecule has 144 valence electrons. The molecule has 3 aromatic carbocycles. The lowest BCUT2D eigenvalue weighted by Crippen LogP contribution is -2.29. The third kappa shape index (κ3) is 3.26. The van der Waals surface area contributed by atoms with Crippen LogP contribution in [-0.2, 0) is 0 Å². The molecule has 0 spiro atoms. The van der Waals surface area contributed by atoms with Crippen molar-refractivity contribution >= 4 is 17.1 Å². The molecule has 4 rings (SSSR count). The Labute approximate surface area is 166 Å². The third-order valence-electron chi connectivity index (χ3n) is 5.55. The predicted octanol–water partition coefficient (Wildman–Crippen LogP) is 3.74. The summed E-state index contributed by atoms with van der Waals surface area (Å²) in [4.78, 5) is 4.26. The molecule has 0 aliphatic carbocycles. The Hall–Kier alpha value is -2.82. The number of benzene rings is 3. The Balaban J connectivity index is 1.76. The zero-order chi connectivity index (χ0) is 19.5. The van der Waals surface area contributed by atoms with Crippen LogP contribution in [0.4, 0.5) is 17.1 Å². The van der Waals surface area contributed by atoms with Crippen molar-refractivity contribution in [2.45, 2.75) is 5.92 Å². The minimum Gasteiger partial charge on any atom is -0.395 e. The molecule has 28 heavy (non-hydrogen) atoms. The van der Waals surface area contributed by atoms with Crippen molar-refractivity contribution in [1.29, 1.82) is 0 Å². The predicted molar refractivity (Wildman–Crippen MR) is 115 cm³/mol. The van der Waals surface area contributed by atoms with Crippen LogP contribution in [0.5, 0.6) is 0 Å². The highest BCUT2D eigenvalue weighted by atomic mass is 16.3. The summed E-state index contributed by atoms with van der Waals surface area (Å²) in [6.07, 6.45) is 0. The highest BCUT2D eigenvalue weighted by molar-refractivity contribution is 5.77. The molecular weight excluding hydrogens is 348 g/mol. The lowest BCUT2D eigenvalue weighted by molar-refractivity contribution is 0.281.